The van der Waals surface area contributed by atoms with Crippen molar-refractivity contribution in [1.82, 2.24) is 9.47 Å². The second-order valence-electron chi connectivity index (χ2n) is 8.00. The van der Waals surface area contributed by atoms with Crippen LogP contribution >= 0.6 is 0 Å². The number of aromatic nitrogens is 1. The first-order valence-corrected chi connectivity index (χ1v) is 10.2. The van der Waals surface area contributed by atoms with E-state index in [0.717, 1.165) is 26.9 Å². The van der Waals surface area contributed by atoms with Crippen LogP contribution in [0.4, 0.5) is 10.5 Å². The Hall–Kier alpha value is -3.74. The standard InChI is InChI=1S/C24H24N4O3/c1-15(2)27-13-17(19-6-4-5-7-21(19)27)12-20-23(30)28(24(31)26-20)14-22(29)25-18-10-8-16(3)9-11-18/h4-11,13,15H,12,14H2,1-3H3,(H,25,29). The fourth-order valence-corrected chi connectivity index (χ4v) is 3.73. The van der Waals surface area contributed by atoms with Crippen LogP contribution in [0.25, 0.3) is 10.9 Å². The zero-order valence-corrected chi connectivity index (χ0v) is 17.8. The summed E-state index contributed by atoms with van der Waals surface area (Å²) in [5.41, 5.74) is 3.83. The van der Waals surface area contributed by atoms with Crippen LogP contribution in [0, 0.1) is 6.92 Å². The number of fused-ring (bicyclic) bond motifs is 1. The van der Waals surface area contributed by atoms with Gasteiger partial charge in [0.25, 0.3) is 5.91 Å². The molecule has 1 aliphatic rings. The maximum Gasteiger partial charge on any atom is 0.351 e. The number of benzene rings is 2. The lowest BCUT2D eigenvalue weighted by molar-refractivity contribution is -0.125. The van der Waals surface area contributed by atoms with Crippen LogP contribution < -0.4 is 5.32 Å². The summed E-state index contributed by atoms with van der Waals surface area (Å²) in [6, 6.07) is 14.8. The zero-order chi connectivity index (χ0) is 22.1. The SMILES string of the molecule is Cc1ccc(NC(=O)CN2C(=O)N=C(Cc3cn(C(C)C)c4ccccc34)C2=O)cc1. The molecular formula is C24H24N4O3. The Labute approximate surface area is 180 Å². The molecular weight excluding hydrogens is 392 g/mol. The summed E-state index contributed by atoms with van der Waals surface area (Å²) >= 11 is 0. The smallest absolute Gasteiger partial charge is 0.345 e. The van der Waals surface area contributed by atoms with Gasteiger partial charge in [0.2, 0.25) is 5.91 Å². The number of hydrogen-bond donors (Lipinski definition) is 1. The molecule has 4 rings (SSSR count). The number of aryl methyl sites for hydroxylation is 1. The number of hydrogen-bond acceptors (Lipinski definition) is 3. The summed E-state index contributed by atoms with van der Waals surface area (Å²) in [6.45, 7) is 5.76. The summed E-state index contributed by atoms with van der Waals surface area (Å²) < 4.78 is 2.14. The van der Waals surface area contributed by atoms with E-state index in [4.69, 9.17) is 0 Å². The van der Waals surface area contributed by atoms with Crippen LogP contribution in [-0.2, 0) is 16.0 Å². The van der Waals surface area contributed by atoms with Crippen molar-refractivity contribution in [2.45, 2.75) is 33.2 Å². The predicted octanol–water partition coefficient (Wildman–Crippen LogP) is 4.12. The summed E-state index contributed by atoms with van der Waals surface area (Å²) in [4.78, 5) is 42.3. The van der Waals surface area contributed by atoms with E-state index in [9.17, 15) is 14.4 Å². The number of nitrogens with one attached hydrogen (secondary N) is 1. The number of nitrogens with zero attached hydrogens (tertiary/aromatic N) is 3. The maximum atomic E-state index is 12.8. The number of amides is 4. The van der Waals surface area contributed by atoms with Crippen molar-refractivity contribution in [2.24, 2.45) is 4.99 Å². The van der Waals surface area contributed by atoms with Gasteiger partial charge in [0.1, 0.15) is 12.3 Å². The number of carbonyl (C=O) groups is 3. The molecule has 1 N–H and O–H groups in total. The molecule has 3 aromatic rings. The van der Waals surface area contributed by atoms with Crippen LogP contribution in [0.3, 0.4) is 0 Å². The molecule has 7 nitrogen and oxygen atoms in total. The molecule has 31 heavy (non-hydrogen) atoms. The molecule has 0 unspecified atom stereocenters. The summed E-state index contributed by atoms with van der Waals surface area (Å²) in [5.74, 6) is -0.969. The topological polar surface area (TPSA) is 83.8 Å². The van der Waals surface area contributed by atoms with Gasteiger partial charge < -0.3 is 9.88 Å². The molecule has 0 fully saturated rings. The molecule has 1 aliphatic heterocycles. The number of para-hydroxylation sites is 1. The highest BCUT2D eigenvalue weighted by Crippen LogP contribution is 2.26. The molecule has 0 saturated carbocycles. The second-order valence-corrected chi connectivity index (χ2v) is 8.00. The molecule has 1 aromatic heterocycles. The normalized spacial score (nSPS) is 13.9. The number of imide groups is 1. The van der Waals surface area contributed by atoms with E-state index in [0.29, 0.717) is 5.69 Å². The van der Waals surface area contributed by atoms with Gasteiger partial charge in [0.15, 0.2) is 0 Å². The average molecular weight is 416 g/mol. The Balaban J connectivity index is 1.48. The highest BCUT2D eigenvalue weighted by Gasteiger charge is 2.34. The first kappa shape index (κ1) is 20.5. The van der Waals surface area contributed by atoms with Crippen molar-refractivity contribution >= 4 is 40.1 Å². The van der Waals surface area contributed by atoms with Crippen molar-refractivity contribution in [1.29, 1.82) is 0 Å². The highest BCUT2D eigenvalue weighted by molar-refractivity contribution is 6.47. The minimum absolute atomic E-state index is 0.153. The van der Waals surface area contributed by atoms with Crippen LogP contribution in [0.5, 0.6) is 0 Å². The largest absolute Gasteiger partial charge is 0.351 e. The summed E-state index contributed by atoms with van der Waals surface area (Å²) in [5, 5.41) is 3.73. The summed E-state index contributed by atoms with van der Waals surface area (Å²) in [7, 11) is 0. The zero-order valence-electron chi connectivity index (χ0n) is 17.8. The Morgan fingerprint density at radius 1 is 1.06 bits per heavy atom. The highest BCUT2D eigenvalue weighted by atomic mass is 16.2. The van der Waals surface area contributed by atoms with Gasteiger partial charge in [0.05, 0.1) is 0 Å². The molecule has 4 amide bonds. The molecule has 7 heteroatoms. The lowest BCUT2D eigenvalue weighted by Gasteiger charge is -2.13. The number of carbonyl (C=O) groups excluding carboxylic acids is 3. The average Bonchev–Trinajstić information content (AvgIpc) is 3.23. The van der Waals surface area contributed by atoms with E-state index >= 15 is 0 Å². The quantitative estimate of drug-likeness (QED) is 0.656. The Kier molecular flexibility index (Phi) is 5.42. The lowest BCUT2D eigenvalue weighted by Crippen LogP contribution is -2.39. The van der Waals surface area contributed by atoms with Crippen LogP contribution in [-0.4, -0.2) is 39.6 Å². The van der Waals surface area contributed by atoms with Crippen molar-refractivity contribution in [3.63, 3.8) is 0 Å². The Bertz CT molecular complexity index is 1210. The first-order chi connectivity index (χ1) is 14.8. The predicted molar refractivity (Wildman–Crippen MR) is 120 cm³/mol. The van der Waals surface area contributed by atoms with Gasteiger partial charge in [-0.3, -0.25) is 9.59 Å². The molecule has 2 heterocycles. The molecule has 0 aliphatic carbocycles. The van der Waals surface area contributed by atoms with Crippen LogP contribution in [0.15, 0.2) is 59.7 Å². The third-order valence-corrected chi connectivity index (χ3v) is 5.33. The fraction of sp³-hybridized carbons (Fsp3) is 0.250. The van der Waals surface area contributed by atoms with Gasteiger partial charge in [-0.05, 0) is 44.5 Å². The van der Waals surface area contributed by atoms with Crippen LogP contribution in [0.2, 0.25) is 0 Å². The number of aliphatic imine (C=N–C) groups is 1. The van der Waals surface area contributed by atoms with Gasteiger partial charge in [0, 0.05) is 35.2 Å². The summed E-state index contributed by atoms with van der Waals surface area (Å²) in [6.07, 6.45) is 2.24. The Morgan fingerprint density at radius 2 is 1.77 bits per heavy atom. The molecule has 0 saturated heterocycles. The first-order valence-electron chi connectivity index (χ1n) is 10.2. The maximum absolute atomic E-state index is 12.8. The Morgan fingerprint density at radius 3 is 2.48 bits per heavy atom. The third kappa shape index (κ3) is 4.12. The van der Waals surface area contributed by atoms with E-state index in [1.165, 1.54) is 0 Å². The number of urea groups is 1. The van der Waals surface area contributed by atoms with Gasteiger partial charge in [-0.1, -0.05) is 35.9 Å². The number of rotatable bonds is 6. The lowest BCUT2D eigenvalue weighted by atomic mass is 10.1. The molecule has 2 aromatic carbocycles. The minimum Gasteiger partial charge on any atom is -0.345 e. The fourth-order valence-electron chi connectivity index (χ4n) is 3.73. The van der Waals surface area contributed by atoms with Gasteiger partial charge in [-0.25, -0.2) is 9.69 Å². The van der Waals surface area contributed by atoms with E-state index in [2.05, 4.69) is 28.7 Å². The van der Waals surface area contributed by atoms with E-state index in [1.807, 2.05) is 49.5 Å². The molecule has 0 radical (unpaired) electrons. The second kappa shape index (κ2) is 8.18. The number of anilines is 1. The van der Waals surface area contributed by atoms with Crippen molar-refractivity contribution < 1.29 is 14.4 Å². The molecule has 0 bridgehead atoms. The third-order valence-electron chi connectivity index (χ3n) is 5.33. The van der Waals surface area contributed by atoms with E-state index in [1.54, 1.807) is 12.1 Å². The van der Waals surface area contributed by atoms with Gasteiger partial charge in [-0.15, -0.1) is 0 Å². The molecule has 0 atom stereocenters. The van der Waals surface area contributed by atoms with Crippen LogP contribution in [0.1, 0.15) is 31.0 Å². The van der Waals surface area contributed by atoms with Crippen molar-refractivity contribution in [2.75, 3.05) is 11.9 Å². The van der Waals surface area contributed by atoms with Crippen molar-refractivity contribution in [3.8, 4) is 0 Å². The molecule has 0 spiro atoms. The molecule has 158 valence electrons. The monoisotopic (exact) mass is 416 g/mol. The minimum atomic E-state index is -0.702. The van der Waals surface area contributed by atoms with E-state index < -0.39 is 17.8 Å². The van der Waals surface area contributed by atoms with Crippen molar-refractivity contribution in [3.05, 3.63) is 65.9 Å². The van der Waals surface area contributed by atoms with Gasteiger partial charge in [-0.2, -0.15) is 4.99 Å². The van der Waals surface area contributed by atoms with Gasteiger partial charge >= 0.3 is 6.03 Å². The van der Waals surface area contributed by atoms with E-state index in [-0.39, 0.29) is 24.7 Å².